The van der Waals surface area contributed by atoms with E-state index in [9.17, 15) is 0 Å². The zero-order chi connectivity index (χ0) is 9.97. The molecular weight excluding hydrogens is 178 g/mol. The molecule has 0 bridgehead atoms. The highest BCUT2D eigenvalue weighted by molar-refractivity contribution is 5.09. The minimum Gasteiger partial charge on any atom is -0.390 e. The highest BCUT2D eigenvalue weighted by Crippen LogP contribution is 2.05. The van der Waals surface area contributed by atoms with E-state index in [-0.39, 0.29) is 6.61 Å². The molecule has 0 aliphatic carbocycles. The van der Waals surface area contributed by atoms with Crippen LogP contribution in [0.2, 0.25) is 0 Å². The highest BCUT2D eigenvalue weighted by atomic mass is 16.3. The topological polar surface area (TPSA) is 43.0 Å². The molecule has 1 N–H and O–H groups in total. The number of aliphatic hydroxyl groups is 1. The zero-order valence-corrected chi connectivity index (χ0v) is 8.09. The normalized spacial score (nSPS) is 10.7. The van der Waals surface area contributed by atoms with Crippen molar-refractivity contribution in [2.75, 3.05) is 0 Å². The lowest BCUT2D eigenvalue weighted by Gasteiger charge is -2.04. The lowest BCUT2D eigenvalue weighted by Crippen LogP contribution is -2.04. The van der Waals surface area contributed by atoms with Crippen LogP contribution in [0.25, 0.3) is 0 Å². The smallest absolute Gasteiger partial charge is 0.0832 e. The van der Waals surface area contributed by atoms with Crippen LogP contribution in [0.5, 0.6) is 0 Å². The minimum absolute atomic E-state index is 0.0693. The Morgan fingerprint density at radius 1 is 1.36 bits per heavy atom. The van der Waals surface area contributed by atoms with Crippen LogP contribution >= 0.6 is 0 Å². The second-order valence-electron chi connectivity index (χ2n) is 3.27. The van der Waals surface area contributed by atoms with Crippen LogP contribution in [-0.2, 0) is 20.2 Å². The molecule has 0 aliphatic rings. The molecule has 4 heteroatoms. The van der Waals surface area contributed by atoms with Crippen LogP contribution in [0.3, 0.4) is 0 Å². The van der Waals surface area contributed by atoms with E-state index in [2.05, 4.69) is 5.10 Å². The molecule has 0 atom stereocenters. The highest BCUT2D eigenvalue weighted by Gasteiger charge is 2.01. The number of aromatic nitrogens is 3. The van der Waals surface area contributed by atoms with Crippen molar-refractivity contribution in [1.82, 2.24) is 14.3 Å². The van der Waals surface area contributed by atoms with Gasteiger partial charge in [0.1, 0.15) is 0 Å². The molecule has 0 unspecified atom stereocenters. The van der Waals surface area contributed by atoms with E-state index in [1.54, 1.807) is 4.68 Å². The van der Waals surface area contributed by atoms with Crippen molar-refractivity contribution in [3.8, 4) is 0 Å². The molecule has 2 aromatic heterocycles. The summed E-state index contributed by atoms with van der Waals surface area (Å²) in [7, 11) is 1.89. The summed E-state index contributed by atoms with van der Waals surface area (Å²) in [4.78, 5) is 0. The van der Waals surface area contributed by atoms with E-state index in [4.69, 9.17) is 5.11 Å². The van der Waals surface area contributed by atoms with Gasteiger partial charge < -0.3 is 9.67 Å². The number of nitrogens with zero attached hydrogens (tertiary/aromatic N) is 3. The van der Waals surface area contributed by atoms with Gasteiger partial charge in [-0.1, -0.05) is 0 Å². The first-order valence-corrected chi connectivity index (χ1v) is 4.53. The molecule has 0 saturated carbocycles. The van der Waals surface area contributed by atoms with Crippen molar-refractivity contribution >= 4 is 0 Å². The van der Waals surface area contributed by atoms with E-state index in [0.717, 1.165) is 11.4 Å². The van der Waals surface area contributed by atoms with E-state index in [1.165, 1.54) is 0 Å². The van der Waals surface area contributed by atoms with Crippen LogP contribution in [-0.4, -0.2) is 19.5 Å². The summed E-state index contributed by atoms with van der Waals surface area (Å²) in [6, 6.07) is 5.80. The van der Waals surface area contributed by atoms with Crippen LogP contribution in [0.4, 0.5) is 0 Å². The summed E-state index contributed by atoms with van der Waals surface area (Å²) < 4.78 is 3.76. The Labute approximate surface area is 82.4 Å². The summed E-state index contributed by atoms with van der Waals surface area (Å²) >= 11 is 0. The molecule has 0 radical (unpaired) electrons. The third-order valence-corrected chi connectivity index (χ3v) is 2.19. The molecule has 0 fully saturated rings. The third kappa shape index (κ3) is 1.70. The van der Waals surface area contributed by atoms with Crippen LogP contribution < -0.4 is 0 Å². The first-order chi connectivity index (χ1) is 6.79. The minimum atomic E-state index is 0.0693. The lowest BCUT2D eigenvalue weighted by molar-refractivity contribution is 0.271. The Balaban J connectivity index is 2.18. The molecule has 0 aliphatic heterocycles. The van der Waals surface area contributed by atoms with E-state index >= 15 is 0 Å². The Kier molecular flexibility index (Phi) is 2.37. The SMILES string of the molecule is Cn1ccc(Cn2cccc2CO)n1. The van der Waals surface area contributed by atoms with Gasteiger partial charge in [-0.05, 0) is 18.2 Å². The molecule has 0 spiro atoms. The second kappa shape index (κ2) is 3.67. The van der Waals surface area contributed by atoms with Gasteiger partial charge in [-0.2, -0.15) is 5.10 Å². The number of rotatable bonds is 3. The van der Waals surface area contributed by atoms with Gasteiger partial charge in [-0.25, -0.2) is 0 Å². The first-order valence-electron chi connectivity index (χ1n) is 4.53. The summed E-state index contributed by atoms with van der Waals surface area (Å²) in [5.74, 6) is 0. The maximum atomic E-state index is 9.04. The van der Waals surface area contributed by atoms with Gasteiger partial charge in [0.15, 0.2) is 0 Å². The van der Waals surface area contributed by atoms with Gasteiger partial charge in [0.2, 0.25) is 0 Å². The lowest BCUT2D eigenvalue weighted by atomic mass is 10.4. The summed E-state index contributed by atoms with van der Waals surface area (Å²) in [6.45, 7) is 0.781. The standard InChI is InChI=1S/C10H13N3O/c1-12-6-4-9(11-12)7-13-5-2-3-10(13)8-14/h2-6,14H,7-8H2,1H3. The maximum Gasteiger partial charge on any atom is 0.0832 e. The maximum absolute atomic E-state index is 9.04. The molecule has 4 nitrogen and oxygen atoms in total. The van der Waals surface area contributed by atoms with Crippen LogP contribution in [0, 0.1) is 0 Å². The fourth-order valence-corrected chi connectivity index (χ4v) is 1.47. The van der Waals surface area contributed by atoms with Crippen LogP contribution in [0.1, 0.15) is 11.4 Å². The number of hydrogen-bond acceptors (Lipinski definition) is 2. The Hall–Kier alpha value is -1.55. The molecular formula is C10H13N3O. The quantitative estimate of drug-likeness (QED) is 0.778. The van der Waals surface area contributed by atoms with Gasteiger partial charge in [0, 0.05) is 25.1 Å². The van der Waals surface area contributed by atoms with Crippen molar-refractivity contribution in [1.29, 1.82) is 0 Å². The molecule has 2 rings (SSSR count). The molecule has 14 heavy (non-hydrogen) atoms. The predicted octanol–water partition coefficient (Wildman–Crippen LogP) is 0.762. The molecule has 74 valence electrons. The third-order valence-electron chi connectivity index (χ3n) is 2.19. The largest absolute Gasteiger partial charge is 0.390 e. The van der Waals surface area contributed by atoms with Crippen molar-refractivity contribution in [2.24, 2.45) is 7.05 Å². The molecule has 0 saturated heterocycles. The molecule has 0 amide bonds. The number of aliphatic hydroxyl groups excluding tert-OH is 1. The molecule has 0 aromatic carbocycles. The second-order valence-corrected chi connectivity index (χ2v) is 3.27. The summed E-state index contributed by atoms with van der Waals surface area (Å²) in [5.41, 5.74) is 1.91. The van der Waals surface area contributed by atoms with Crippen molar-refractivity contribution < 1.29 is 5.11 Å². The fourth-order valence-electron chi connectivity index (χ4n) is 1.47. The Morgan fingerprint density at radius 3 is 2.86 bits per heavy atom. The van der Waals surface area contributed by atoms with E-state index < -0.39 is 0 Å². The van der Waals surface area contributed by atoms with Gasteiger partial charge in [-0.3, -0.25) is 4.68 Å². The van der Waals surface area contributed by atoms with Gasteiger partial charge in [0.05, 0.1) is 18.8 Å². The molecule has 2 heterocycles. The van der Waals surface area contributed by atoms with Gasteiger partial charge in [-0.15, -0.1) is 0 Å². The van der Waals surface area contributed by atoms with Crippen molar-refractivity contribution in [3.05, 3.63) is 42.0 Å². The van der Waals surface area contributed by atoms with Gasteiger partial charge >= 0.3 is 0 Å². The van der Waals surface area contributed by atoms with E-state index in [0.29, 0.717) is 6.54 Å². The Bertz CT molecular complexity index is 416. The Morgan fingerprint density at radius 2 is 2.21 bits per heavy atom. The van der Waals surface area contributed by atoms with Crippen molar-refractivity contribution in [3.63, 3.8) is 0 Å². The summed E-state index contributed by atoms with van der Waals surface area (Å²) in [6.07, 6.45) is 3.86. The monoisotopic (exact) mass is 191 g/mol. The fraction of sp³-hybridized carbons (Fsp3) is 0.300. The van der Waals surface area contributed by atoms with Crippen LogP contribution in [0.15, 0.2) is 30.6 Å². The van der Waals surface area contributed by atoms with Crippen molar-refractivity contribution in [2.45, 2.75) is 13.2 Å². The van der Waals surface area contributed by atoms with Gasteiger partial charge in [0.25, 0.3) is 0 Å². The number of aryl methyl sites for hydroxylation is 1. The first kappa shape index (κ1) is 9.02. The van der Waals surface area contributed by atoms with E-state index in [1.807, 2.05) is 42.2 Å². The average Bonchev–Trinajstić information content (AvgIpc) is 2.76. The summed E-state index contributed by atoms with van der Waals surface area (Å²) in [5, 5.41) is 13.3. The average molecular weight is 191 g/mol. The number of hydrogen-bond donors (Lipinski definition) is 1. The zero-order valence-electron chi connectivity index (χ0n) is 8.09. The molecule has 2 aromatic rings. The predicted molar refractivity (Wildman–Crippen MR) is 52.7 cm³/mol.